The molecule has 8 aromatic rings. The summed E-state index contributed by atoms with van der Waals surface area (Å²) in [5.74, 6) is 1.08. The van der Waals surface area contributed by atoms with Crippen LogP contribution in [-0.2, 0) is 18.3 Å². The minimum Gasteiger partial charge on any atom is -0.460 e. The van der Waals surface area contributed by atoms with Crippen LogP contribution in [0.15, 0.2) is 136 Å². The van der Waals surface area contributed by atoms with E-state index in [1.165, 1.54) is 66.5 Å². The van der Waals surface area contributed by atoms with Gasteiger partial charge in [-0.05, 0) is 101 Å². The van der Waals surface area contributed by atoms with E-state index in [9.17, 15) is 0 Å². The molecule has 6 aromatic carbocycles. The number of rotatable bonds is 4. The molecule has 0 N–H and O–H groups in total. The minimum atomic E-state index is -0.172. The number of fused-ring (bicyclic) bond motifs is 11. The van der Waals surface area contributed by atoms with Gasteiger partial charge in [-0.25, -0.2) is 0 Å². The van der Waals surface area contributed by atoms with Gasteiger partial charge in [-0.3, -0.25) is 0 Å². The quantitative estimate of drug-likeness (QED) is 0.186. The van der Waals surface area contributed by atoms with Crippen LogP contribution in [0.2, 0.25) is 0 Å². The number of hydrogen-bond acceptors (Lipinski definition) is 3. The van der Waals surface area contributed by atoms with Crippen LogP contribution in [0.4, 0.5) is 17.1 Å². The second-order valence-corrected chi connectivity index (χ2v) is 15.0. The lowest BCUT2D eigenvalue weighted by atomic mass is 9.81. The molecule has 0 amide bonds. The molecule has 0 fully saturated rings. The van der Waals surface area contributed by atoms with Crippen molar-refractivity contribution in [2.45, 2.75) is 44.9 Å². The van der Waals surface area contributed by atoms with E-state index in [2.05, 4.69) is 158 Å². The molecule has 250 valence electrons. The molecule has 0 unspecified atom stereocenters. The van der Waals surface area contributed by atoms with Gasteiger partial charge < -0.3 is 13.7 Å². The van der Waals surface area contributed by atoms with Crippen molar-refractivity contribution >= 4 is 62.1 Å². The van der Waals surface area contributed by atoms with Crippen molar-refractivity contribution in [1.29, 1.82) is 0 Å². The summed E-state index contributed by atoms with van der Waals surface area (Å²) >= 11 is 0. The number of nitrogens with zero attached hydrogens (tertiary/aromatic N) is 1. The minimum absolute atomic E-state index is 0.172. The van der Waals surface area contributed by atoms with E-state index in [1.807, 2.05) is 0 Å². The molecule has 3 aliphatic carbocycles. The SMILES string of the molecule is CC1(C)c2ccccc2-c2cccc(N(c3ccc(-c4cccc5oc6c7c(ccc6c45)CCC=C7)cc3)c3ccc4oc5c(c4c3)C=CCC5)c21. The Morgan fingerprint density at radius 1 is 0.596 bits per heavy atom. The normalized spacial score (nSPS) is 15.2. The topological polar surface area (TPSA) is 29.5 Å². The highest BCUT2D eigenvalue weighted by atomic mass is 16.3. The summed E-state index contributed by atoms with van der Waals surface area (Å²) in [5, 5.41) is 3.51. The van der Waals surface area contributed by atoms with Gasteiger partial charge in [0.15, 0.2) is 0 Å². The van der Waals surface area contributed by atoms with Crippen molar-refractivity contribution in [1.82, 2.24) is 0 Å². The molecule has 3 aliphatic rings. The number of anilines is 3. The second-order valence-electron chi connectivity index (χ2n) is 15.0. The summed E-state index contributed by atoms with van der Waals surface area (Å²) < 4.78 is 12.9. The zero-order valence-corrected chi connectivity index (χ0v) is 29.4. The van der Waals surface area contributed by atoms with Crippen LogP contribution in [0.5, 0.6) is 0 Å². The van der Waals surface area contributed by atoms with Crippen molar-refractivity contribution in [3.63, 3.8) is 0 Å². The average molecular weight is 672 g/mol. The van der Waals surface area contributed by atoms with Gasteiger partial charge >= 0.3 is 0 Å². The monoisotopic (exact) mass is 671 g/mol. The maximum absolute atomic E-state index is 6.58. The van der Waals surface area contributed by atoms with E-state index >= 15 is 0 Å². The van der Waals surface area contributed by atoms with E-state index in [1.54, 1.807) is 0 Å². The first-order valence-electron chi connectivity index (χ1n) is 18.5. The lowest BCUT2D eigenvalue weighted by Gasteiger charge is -2.32. The smallest absolute Gasteiger partial charge is 0.142 e. The Labute approximate surface area is 303 Å². The van der Waals surface area contributed by atoms with Crippen LogP contribution in [0.3, 0.4) is 0 Å². The van der Waals surface area contributed by atoms with Crippen molar-refractivity contribution in [3.05, 3.63) is 161 Å². The third-order valence-electron chi connectivity index (χ3n) is 11.8. The summed E-state index contributed by atoms with van der Waals surface area (Å²) in [4.78, 5) is 2.45. The Kier molecular flexibility index (Phi) is 6.25. The fourth-order valence-electron chi connectivity index (χ4n) is 9.33. The van der Waals surface area contributed by atoms with E-state index < -0.39 is 0 Å². The predicted octanol–water partition coefficient (Wildman–Crippen LogP) is 13.7. The summed E-state index contributed by atoms with van der Waals surface area (Å²) in [6.07, 6.45) is 13.1. The highest BCUT2D eigenvalue weighted by Crippen LogP contribution is 2.54. The van der Waals surface area contributed by atoms with E-state index in [-0.39, 0.29) is 5.41 Å². The van der Waals surface area contributed by atoms with Gasteiger partial charge in [-0.1, -0.05) is 111 Å². The molecule has 2 heterocycles. The fraction of sp³-hybridized carbons (Fsp3) is 0.143. The third-order valence-corrected chi connectivity index (χ3v) is 11.8. The van der Waals surface area contributed by atoms with E-state index in [0.29, 0.717) is 0 Å². The molecule has 11 rings (SSSR count). The van der Waals surface area contributed by atoms with Gasteiger partial charge in [0.25, 0.3) is 0 Å². The van der Waals surface area contributed by atoms with Crippen LogP contribution in [0.25, 0.3) is 67.3 Å². The highest BCUT2D eigenvalue weighted by Gasteiger charge is 2.38. The Morgan fingerprint density at radius 2 is 1.37 bits per heavy atom. The molecule has 0 saturated heterocycles. The molecular formula is C49H37NO2. The van der Waals surface area contributed by atoms with Gasteiger partial charge in [0.2, 0.25) is 0 Å². The fourth-order valence-corrected chi connectivity index (χ4v) is 9.33. The Balaban J connectivity index is 1.10. The summed E-state index contributed by atoms with van der Waals surface area (Å²) in [6.45, 7) is 4.73. The predicted molar refractivity (Wildman–Crippen MR) is 216 cm³/mol. The van der Waals surface area contributed by atoms with Gasteiger partial charge in [0, 0.05) is 50.5 Å². The first-order valence-corrected chi connectivity index (χ1v) is 18.5. The molecule has 0 aliphatic heterocycles. The second kappa shape index (κ2) is 11.0. The van der Waals surface area contributed by atoms with Crippen molar-refractivity contribution in [3.8, 4) is 22.3 Å². The molecule has 2 aromatic heterocycles. The number of hydrogen-bond donors (Lipinski definition) is 0. The molecule has 3 heteroatoms. The average Bonchev–Trinajstić information content (AvgIpc) is 3.83. The maximum atomic E-state index is 6.58. The molecule has 52 heavy (non-hydrogen) atoms. The van der Waals surface area contributed by atoms with Gasteiger partial charge in [-0.15, -0.1) is 0 Å². The number of furan rings is 2. The number of benzene rings is 6. The molecular weight excluding hydrogens is 635 g/mol. The summed E-state index contributed by atoms with van der Waals surface area (Å²) in [6, 6.07) is 42.5. The summed E-state index contributed by atoms with van der Waals surface area (Å²) in [5.41, 5.74) is 17.6. The molecule has 0 bridgehead atoms. The van der Waals surface area contributed by atoms with Gasteiger partial charge in [-0.2, -0.15) is 0 Å². The Morgan fingerprint density at radius 3 is 2.27 bits per heavy atom. The van der Waals surface area contributed by atoms with Gasteiger partial charge in [0.1, 0.15) is 22.5 Å². The van der Waals surface area contributed by atoms with Crippen LogP contribution >= 0.6 is 0 Å². The zero-order valence-electron chi connectivity index (χ0n) is 29.4. The highest BCUT2D eigenvalue weighted by molar-refractivity contribution is 6.14. The lowest BCUT2D eigenvalue weighted by Crippen LogP contribution is -2.20. The van der Waals surface area contributed by atoms with Crippen LogP contribution < -0.4 is 4.90 Å². The first-order chi connectivity index (χ1) is 25.5. The van der Waals surface area contributed by atoms with Crippen molar-refractivity contribution in [2.24, 2.45) is 0 Å². The molecule has 0 spiro atoms. The summed E-state index contributed by atoms with van der Waals surface area (Å²) in [7, 11) is 0. The largest absolute Gasteiger partial charge is 0.460 e. The van der Waals surface area contributed by atoms with Crippen LogP contribution in [0.1, 0.15) is 60.3 Å². The van der Waals surface area contributed by atoms with Gasteiger partial charge in [0.05, 0.1) is 5.69 Å². The Bertz CT molecular complexity index is 2820. The molecule has 0 radical (unpaired) electrons. The van der Waals surface area contributed by atoms with E-state index in [0.717, 1.165) is 65.0 Å². The molecule has 0 atom stereocenters. The van der Waals surface area contributed by atoms with Crippen molar-refractivity contribution in [2.75, 3.05) is 4.90 Å². The number of aryl methyl sites for hydroxylation is 2. The number of allylic oxidation sites excluding steroid dienone is 2. The van der Waals surface area contributed by atoms with E-state index in [4.69, 9.17) is 8.83 Å². The van der Waals surface area contributed by atoms with Crippen molar-refractivity contribution < 1.29 is 8.83 Å². The zero-order chi connectivity index (χ0) is 34.6. The molecule has 3 nitrogen and oxygen atoms in total. The van der Waals surface area contributed by atoms with Crippen LogP contribution in [0, 0.1) is 0 Å². The molecule has 0 saturated carbocycles. The standard InChI is InChI=1S/C49H37NO2/c1-49(2)41-17-7-5-13-36(41)38-16-9-18-42(47(38)49)50(33-26-28-44-40(29-33)37-14-6-8-19-43(37)51-44)32-24-21-31(22-25-32)34-15-10-20-45-46(34)39-27-23-30-11-3-4-12-35(30)48(39)52-45/h4-7,9-10,12-18,20-29H,3,8,11,19H2,1-2H3. The van der Waals surface area contributed by atoms with Crippen LogP contribution in [-0.4, -0.2) is 0 Å². The first kappa shape index (κ1) is 29.6. The Hall–Kier alpha value is -6.06. The third kappa shape index (κ3) is 4.20. The lowest BCUT2D eigenvalue weighted by molar-refractivity contribution is 0.546. The maximum Gasteiger partial charge on any atom is 0.142 e.